The molecule has 3 unspecified atom stereocenters. The number of nitrogens with two attached hydrogens (primary N) is 1. The smallest absolute Gasteiger partial charge is 0.246 e. The monoisotopic (exact) mass is 284 g/mol. The summed E-state index contributed by atoms with van der Waals surface area (Å²) in [6.45, 7) is 1.17. The third-order valence-electron chi connectivity index (χ3n) is 4.44. The maximum absolute atomic E-state index is 12.5. The first-order valence-corrected chi connectivity index (χ1v) is 8.17. The van der Waals surface area contributed by atoms with Crippen LogP contribution in [0.3, 0.4) is 0 Å². The van der Waals surface area contributed by atoms with Crippen molar-refractivity contribution in [1.29, 1.82) is 0 Å². The Bertz CT molecular complexity index is 568. The third-order valence-corrected chi connectivity index (χ3v) is 6.22. The fourth-order valence-corrected chi connectivity index (χ4v) is 4.87. The van der Waals surface area contributed by atoms with Crippen LogP contribution >= 0.6 is 0 Å². The van der Waals surface area contributed by atoms with Crippen molar-refractivity contribution in [1.82, 2.24) is 14.1 Å². The lowest BCUT2D eigenvalue weighted by Gasteiger charge is -2.29. The Labute approximate surface area is 113 Å². The number of aryl methyl sites for hydroxylation is 1. The highest BCUT2D eigenvalue weighted by atomic mass is 32.2. The Morgan fingerprint density at radius 2 is 2.16 bits per heavy atom. The summed E-state index contributed by atoms with van der Waals surface area (Å²) in [4.78, 5) is 0.280. The summed E-state index contributed by atoms with van der Waals surface area (Å²) in [5.74, 6) is 0.746. The lowest BCUT2D eigenvalue weighted by molar-refractivity contribution is 0.260. The third kappa shape index (κ3) is 2.19. The molecule has 1 saturated heterocycles. The van der Waals surface area contributed by atoms with Gasteiger partial charge in [-0.1, -0.05) is 6.42 Å². The first-order chi connectivity index (χ1) is 8.98. The van der Waals surface area contributed by atoms with Gasteiger partial charge in [0.2, 0.25) is 10.0 Å². The summed E-state index contributed by atoms with van der Waals surface area (Å²) in [6, 6.07) is 0.146. The van der Waals surface area contributed by atoms with E-state index in [1.807, 2.05) is 0 Å². The van der Waals surface area contributed by atoms with Crippen LogP contribution in [0, 0.1) is 11.8 Å². The van der Waals surface area contributed by atoms with E-state index in [1.165, 1.54) is 10.9 Å². The Kier molecular flexibility index (Phi) is 3.15. The summed E-state index contributed by atoms with van der Waals surface area (Å²) < 4.78 is 28.2. The predicted molar refractivity (Wildman–Crippen MR) is 70.8 cm³/mol. The Morgan fingerprint density at radius 3 is 2.79 bits per heavy atom. The van der Waals surface area contributed by atoms with Crippen LogP contribution in [-0.4, -0.2) is 41.6 Å². The minimum atomic E-state index is -3.41. The highest BCUT2D eigenvalue weighted by Gasteiger charge is 2.43. The Balaban J connectivity index is 1.84. The fraction of sp³-hybridized carbons (Fsp3) is 0.750. The summed E-state index contributed by atoms with van der Waals surface area (Å²) in [7, 11) is -1.68. The van der Waals surface area contributed by atoms with E-state index in [9.17, 15) is 8.42 Å². The van der Waals surface area contributed by atoms with Crippen LogP contribution in [-0.2, 0) is 17.1 Å². The van der Waals surface area contributed by atoms with Gasteiger partial charge in [0.05, 0.1) is 6.20 Å². The zero-order valence-electron chi connectivity index (χ0n) is 11.1. The number of hydrogen-bond donors (Lipinski definition) is 1. The van der Waals surface area contributed by atoms with Crippen LogP contribution in [0.25, 0.3) is 0 Å². The van der Waals surface area contributed by atoms with Crippen molar-refractivity contribution in [2.45, 2.75) is 30.2 Å². The molecule has 0 spiro atoms. The molecule has 0 bridgehead atoms. The topological polar surface area (TPSA) is 81.2 Å². The molecular weight excluding hydrogens is 264 g/mol. The lowest BCUT2D eigenvalue weighted by atomic mass is 9.78. The number of aromatic nitrogens is 2. The fourth-order valence-electron chi connectivity index (χ4n) is 3.35. The molecule has 2 N–H and O–H groups in total. The highest BCUT2D eigenvalue weighted by molar-refractivity contribution is 7.89. The van der Waals surface area contributed by atoms with Gasteiger partial charge in [0.25, 0.3) is 0 Å². The van der Waals surface area contributed by atoms with E-state index in [1.54, 1.807) is 17.5 Å². The second kappa shape index (κ2) is 4.57. The molecule has 2 aliphatic rings. The molecule has 1 aliphatic carbocycles. The van der Waals surface area contributed by atoms with Gasteiger partial charge in [0.1, 0.15) is 4.90 Å². The number of sulfonamides is 1. The summed E-state index contributed by atoms with van der Waals surface area (Å²) in [5.41, 5.74) is 6.13. The van der Waals surface area contributed by atoms with Gasteiger partial charge in [-0.3, -0.25) is 4.68 Å². The molecule has 0 aromatic carbocycles. The minimum absolute atomic E-state index is 0.146. The SMILES string of the molecule is Cn1cc(S(=O)(=O)N2CC3CCCC(N)C3C2)cn1. The molecule has 0 radical (unpaired) electrons. The minimum Gasteiger partial charge on any atom is -0.327 e. The molecular formula is C12H20N4O2S. The normalized spacial score (nSPS) is 32.4. The lowest BCUT2D eigenvalue weighted by Crippen LogP contribution is -2.38. The average Bonchev–Trinajstić information content (AvgIpc) is 2.96. The van der Waals surface area contributed by atoms with Crippen LogP contribution in [0.15, 0.2) is 17.3 Å². The molecule has 1 saturated carbocycles. The van der Waals surface area contributed by atoms with Crippen LogP contribution in [0.1, 0.15) is 19.3 Å². The highest BCUT2D eigenvalue weighted by Crippen LogP contribution is 2.37. The van der Waals surface area contributed by atoms with Gasteiger partial charge in [-0.15, -0.1) is 0 Å². The van der Waals surface area contributed by atoms with Crippen molar-refractivity contribution < 1.29 is 8.42 Å². The van der Waals surface area contributed by atoms with Crippen molar-refractivity contribution in [3.63, 3.8) is 0 Å². The second-order valence-corrected chi connectivity index (χ2v) is 7.63. The van der Waals surface area contributed by atoms with E-state index in [2.05, 4.69) is 5.10 Å². The zero-order valence-corrected chi connectivity index (χ0v) is 11.9. The molecule has 7 heteroatoms. The van der Waals surface area contributed by atoms with E-state index in [-0.39, 0.29) is 10.9 Å². The first-order valence-electron chi connectivity index (χ1n) is 6.73. The van der Waals surface area contributed by atoms with Gasteiger partial charge in [-0.2, -0.15) is 9.40 Å². The largest absolute Gasteiger partial charge is 0.327 e. The number of nitrogens with zero attached hydrogens (tertiary/aromatic N) is 3. The Morgan fingerprint density at radius 1 is 1.37 bits per heavy atom. The zero-order chi connectivity index (χ0) is 13.6. The van der Waals surface area contributed by atoms with Crippen molar-refractivity contribution >= 4 is 10.0 Å². The van der Waals surface area contributed by atoms with E-state index >= 15 is 0 Å². The van der Waals surface area contributed by atoms with Gasteiger partial charge < -0.3 is 5.73 Å². The maximum Gasteiger partial charge on any atom is 0.246 e. The molecule has 0 amide bonds. The van der Waals surface area contributed by atoms with Crippen molar-refractivity contribution in [3.05, 3.63) is 12.4 Å². The molecule has 19 heavy (non-hydrogen) atoms. The van der Waals surface area contributed by atoms with Gasteiger partial charge in [0.15, 0.2) is 0 Å². The summed E-state index contributed by atoms with van der Waals surface area (Å²) >= 11 is 0. The summed E-state index contributed by atoms with van der Waals surface area (Å²) in [5, 5.41) is 3.95. The predicted octanol–water partition coefficient (Wildman–Crippen LogP) is 0.168. The number of hydrogen-bond acceptors (Lipinski definition) is 4. The molecule has 3 rings (SSSR count). The quantitative estimate of drug-likeness (QED) is 0.839. The van der Waals surface area contributed by atoms with Crippen molar-refractivity contribution in [2.75, 3.05) is 13.1 Å². The first kappa shape index (κ1) is 13.1. The molecule has 1 aromatic rings. The molecule has 3 atom stereocenters. The van der Waals surface area contributed by atoms with Gasteiger partial charge in [-0.05, 0) is 24.7 Å². The van der Waals surface area contributed by atoms with Crippen LogP contribution in [0.2, 0.25) is 0 Å². The van der Waals surface area contributed by atoms with Crippen molar-refractivity contribution in [2.24, 2.45) is 24.6 Å². The summed E-state index contributed by atoms with van der Waals surface area (Å²) in [6.07, 6.45) is 6.19. The van der Waals surface area contributed by atoms with Gasteiger partial charge in [-0.25, -0.2) is 8.42 Å². The van der Waals surface area contributed by atoms with Gasteiger partial charge >= 0.3 is 0 Å². The molecule has 1 aliphatic heterocycles. The second-order valence-electron chi connectivity index (χ2n) is 5.69. The van der Waals surface area contributed by atoms with E-state index < -0.39 is 10.0 Å². The standard InChI is InChI=1S/C12H20N4O2S/c1-15-7-10(5-14-15)19(17,18)16-6-9-3-2-4-12(13)11(9)8-16/h5,7,9,11-12H,2-4,6,8,13H2,1H3. The number of fused-ring (bicyclic) bond motifs is 1. The van der Waals surface area contributed by atoms with Crippen LogP contribution in [0.5, 0.6) is 0 Å². The molecule has 2 fully saturated rings. The maximum atomic E-state index is 12.5. The van der Waals surface area contributed by atoms with Gasteiger partial charge in [0, 0.05) is 32.4 Å². The van der Waals surface area contributed by atoms with E-state index in [0.29, 0.717) is 24.9 Å². The molecule has 2 heterocycles. The molecule has 6 nitrogen and oxygen atoms in total. The van der Waals surface area contributed by atoms with Crippen LogP contribution in [0.4, 0.5) is 0 Å². The Hall–Kier alpha value is -0.920. The van der Waals surface area contributed by atoms with Crippen LogP contribution < -0.4 is 5.73 Å². The van der Waals surface area contributed by atoms with E-state index in [4.69, 9.17) is 5.73 Å². The molecule has 106 valence electrons. The molecule has 1 aromatic heterocycles. The average molecular weight is 284 g/mol. The van der Waals surface area contributed by atoms with Crippen molar-refractivity contribution in [3.8, 4) is 0 Å². The van der Waals surface area contributed by atoms with E-state index in [0.717, 1.165) is 19.3 Å². The number of rotatable bonds is 2.